The van der Waals surface area contributed by atoms with Crippen LogP contribution in [0, 0.1) is 5.82 Å². The second-order valence-corrected chi connectivity index (χ2v) is 5.97. The first kappa shape index (κ1) is 14.2. The maximum Gasteiger partial charge on any atom is 0.224 e. The number of nitrogens with one attached hydrogen (secondary N) is 1. The van der Waals surface area contributed by atoms with Crippen LogP contribution in [0.1, 0.15) is 29.2 Å². The van der Waals surface area contributed by atoms with Gasteiger partial charge in [0.1, 0.15) is 5.82 Å². The summed E-state index contributed by atoms with van der Waals surface area (Å²) in [5, 5.41) is 2.84. The molecule has 1 amide bonds. The molecule has 3 nitrogen and oxygen atoms in total. The number of hydrogen-bond acceptors (Lipinski definition) is 2. The fourth-order valence-electron chi connectivity index (χ4n) is 2.50. The van der Waals surface area contributed by atoms with Crippen LogP contribution in [0.3, 0.4) is 0 Å². The molecule has 5 heteroatoms. The van der Waals surface area contributed by atoms with Crippen molar-refractivity contribution < 1.29 is 9.18 Å². The molecule has 1 atom stereocenters. The largest absolute Gasteiger partial charge is 0.326 e. The van der Waals surface area contributed by atoms with Gasteiger partial charge in [-0.1, -0.05) is 18.2 Å². The topological polar surface area (TPSA) is 55.1 Å². The number of carbonyl (C=O) groups excluding carboxylic acids is 1. The third kappa shape index (κ3) is 2.84. The van der Waals surface area contributed by atoms with Crippen LogP contribution in [0.5, 0.6) is 0 Å². The molecule has 1 aliphatic rings. The molecule has 2 aromatic carbocycles. The molecule has 2 aromatic rings. The van der Waals surface area contributed by atoms with E-state index in [0.717, 1.165) is 22.4 Å². The molecule has 0 bridgehead atoms. The highest BCUT2D eigenvalue weighted by Gasteiger charge is 2.17. The number of carbonyl (C=O) groups is 1. The average molecular weight is 349 g/mol. The van der Waals surface area contributed by atoms with E-state index in [1.54, 1.807) is 12.1 Å². The summed E-state index contributed by atoms with van der Waals surface area (Å²) in [6.45, 7) is 0. The van der Waals surface area contributed by atoms with Crippen molar-refractivity contribution >= 4 is 27.5 Å². The smallest absolute Gasteiger partial charge is 0.224 e. The Hall–Kier alpha value is -1.72. The van der Waals surface area contributed by atoms with E-state index in [-0.39, 0.29) is 11.7 Å². The van der Waals surface area contributed by atoms with Crippen LogP contribution in [0.15, 0.2) is 40.9 Å². The first-order valence-electron chi connectivity index (χ1n) is 6.68. The standard InChI is InChI=1S/C16H14BrFN2O/c17-12-4-1-11(8-13(12)18)16(19)10-2-5-14-9(7-10)3-6-15(21)20-14/h1-2,4-5,7-8,16H,3,6,19H2,(H,20,21). The molecule has 0 saturated carbocycles. The third-order valence-electron chi connectivity index (χ3n) is 3.69. The Bertz CT molecular complexity index is 717. The zero-order valence-electron chi connectivity index (χ0n) is 11.2. The number of fused-ring (bicyclic) bond motifs is 1. The minimum Gasteiger partial charge on any atom is -0.326 e. The lowest BCUT2D eigenvalue weighted by Crippen LogP contribution is -2.20. The van der Waals surface area contributed by atoms with Gasteiger partial charge in [-0.05, 0) is 57.2 Å². The Labute approximate surface area is 130 Å². The maximum atomic E-state index is 13.6. The van der Waals surface area contributed by atoms with Crippen LogP contribution in [0.25, 0.3) is 0 Å². The van der Waals surface area contributed by atoms with Gasteiger partial charge in [0.15, 0.2) is 0 Å². The van der Waals surface area contributed by atoms with Crippen molar-refractivity contribution in [2.24, 2.45) is 5.73 Å². The summed E-state index contributed by atoms with van der Waals surface area (Å²) in [5.41, 5.74) is 9.76. The molecule has 0 radical (unpaired) electrons. The predicted octanol–water partition coefficient (Wildman–Crippen LogP) is 3.52. The van der Waals surface area contributed by atoms with Gasteiger partial charge in [-0.3, -0.25) is 4.79 Å². The molecule has 0 aromatic heterocycles. The Morgan fingerprint density at radius 2 is 1.86 bits per heavy atom. The summed E-state index contributed by atoms with van der Waals surface area (Å²) in [6.07, 6.45) is 1.19. The van der Waals surface area contributed by atoms with Gasteiger partial charge in [-0.25, -0.2) is 4.39 Å². The van der Waals surface area contributed by atoms with Gasteiger partial charge in [0.05, 0.1) is 10.5 Å². The van der Waals surface area contributed by atoms with E-state index < -0.39 is 6.04 Å². The fourth-order valence-corrected chi connectivity index (χ4v) is 2.74. The van der Waals surface area contributed by atoms with E-state index in [0.29, 0.717) is 17.3 Å². The molecule has 1 unspecified atom stereocenters. The Kier molecular flexibility index (Phi) is 3.78. The summed E-state index contributed by atoms with van der Waals surface area (Å²) in [4.78, 5) is 11.4. The van der Waals surface area contributed by atoms with Gasteiger partial charge in [-0.15, -0.1) is 0 Å². The number of halogens is 2. The van der Waals surface area contributed by atoms with Crippen molar-refractivity contribution in [1.82, 2.24) is 0 Å². The number of rotatable bonds is 2. The van der Waals surface area contributed by atoms with Crippen molar-refractivity contribution in [1.29, 1.82) is 0 Å². The number of nitrogens with two attached hydrogens (primary N) is 1. The Morgan fingerprint density at radius 3 is 2.62 bits per heavy atom. The molecule has 1 heterocycles. The van der Waals surface area contributed by atoms with Crippen LogP contribution in [0.2, 0.25) is 0 Å². The van der Waals surface area contributed by atoms with Crippen molar-refractivity contribution in [3.63, 3.8) is 0 Å². The van der Waals surface area contributed by atoms with Crippen LogP contribution in [-0.2, 0) is 11.2 Å². The molecular formula is C16H14BrFN2O. The number of aryl methyl sites for hydroxylation is 1. The van der Waals surface area contributed by atoms with Crippen molar-refractivity contribution in [2.75, 3.05) is 5.32 Å². The van der Waals surface area contributed by atoms with Gasteiger partial charge >= 0.3 is 0 Å². The minimum atomic E-state index is -0.393. The summed E-state index contributed by atoms with van der Waals surface area (Å²) in [7, 11) is 0. The van der Waals surface area contributed by atoms with E-state index in [9.17, 15) is 9.18 Å². The van der Waals surface area contributed by atoms with Crippen LogP contribution < -0.4 is 11.1 Å². The molecule has 1 aliphatic heterocycles. The van der Waals surface area contributed by atoms with Crippen molar-refractivity contribution in [3.8, 4) is 0 Å². The lowest BCUT2D eigenvalue weighted by atomic mass is 9.94. The van der Waals surface area contributed by atoms with E-state index in [1.165, 1.54) is 6.07 Å². The zero-order chi connectivity index (χ0) is 15.0. The summed E-state index contributed by atoms with van der Waals surface area (Å²) >= 11 is 3.13. The Morgan fingerprint density at radius 1 is 1.14 bits per heavy atom. The normalized spacial score (nSPS) is 15.3. The molecule has 108 valence electrons. The maximum absolute atomic E-state index is 13.6. The van der Waals surface area contributed by atoms with E-state index >= 15 is 0 Å². The van der Waals surface area contributed by atoms with Crippen LogP contribution in [0.4, 0.5) is 10.1 Å². The van der Waals surface area contributed by atoms with E-state index in [4.69, 9.17) is 5.73 Å². The Balaban J connectivity index is 1.93. The van der Waals surface area contributed by atoms with E-state index in [1.807, 2.05) is 18.2 Å². The molecule has 0 saturated heterocycles. The highest BCUT2D eigenvalue weighted by molar-refractivity contribution is 9.10. The van der Waals surface area contributed by atoms with Crippen LogP contribution >= 0.6 is 15.9 Å². The van der Waals surface area contributed by atoms with Gasteiger partial charge in [-0.2, -0.15) is 0 Å². The van der Waals surface area contributed by atoms with Gasteiger partial charge in [0, 0.05) is 12.1 Å². The first-order chi connectivity index (χ1) is 10.0. The quantitative estimate of drug-likeness (QED) is 0.872. The molecule has 3 rings (SSSR count). The molecule has 0 aliphatic carbocycles. The molecular weight excluding hydrogens is 335 g/mol. The lowest BCUT2D eigenvalue weighted by molar-refractivity contribution is -0.116. The van der Waals surface area contributed by atoms with Gasteiger partial charge in [0.2, 0.25) is 5.91 Å². The van der Waals surface area contributed by atoms with Crippen molar-refractivity contribution in [2.45, 2.75) is 18.9 Å². The second kappa shape index (κ2) is 5.58. The van der Waals surface area contributed by atoms with Gasteiger partial charge in [0.25, 0.3) is 0 Å². The number of benzene rings is 2. The van der Waals surface area contributed by atoms with Gasteiger partial charge < -0.3 is 11.1 Å². The minimum absolute atomic E-state index is 0.0366. The number of anilines is 1. The fraction of sp³-hybridized carbons (Fsp3) is 0.188. The summed E-state index contributed by atoms with van der Waals surface area (Å²) in [6, 6.07) is 10.2. The molecule has 0 spiro atoms. The molecule has 3 N–H and O–H groups in total. The highest BCUT2D eigenvalue weighted by atomic mass is 79.9. The number of amides is 1. The second-order valence-electron chi connectivity index (χ2n) is 5.12. The number of hydrogen-bond donors (Lipinski definition) is 2. The zero-order valence-corrected chi connectivity index (χ0v) is 12.8. The first-order valence-corrected chi connectivity index (χ1v) is 7.47. The van der Waals surface area contributed by atoms with Crippen LogP contribution in [-0.4, -0.2) is 5.91 Å². The van der Waals surface area contributed by atoms with E-state index in [2.05, 4.69) is 21.2 Å². The monoisotopic (exact) mass is 348 g/mol. The highest BCUT2D eigenvalue weighted by Crippen LogP contribution is 2.29. The summed E-state index contributed by atoms with van der Waals surface area (Å²) in [5.74, 6) is -0.289. The molecule has 21 heavy (non-hydrogen) atoms. The SMILES string of the molecule is NC(c1ccc(Br)c(F)c1)c1ccc2c(c1)CCC(=O)N2. The third-order valence-corrected chi connectivity index (χ3v) is 4.33. The average Bonchev–Trinajstić information content (AvgIpc) is 2.49. The predicted molar refractivity (Wildman–Crippen MR) is 83.5 cm³/mol. The van der Waals surface area contributed by atoms with Crippen molar-refractivity contribution in [3.05, 3.63) is 63.4 Å². The molecule has 0 fully saturated rings. The lowest BCUT2D eigenvalue weighted by Gasteiger charge is -2.20. The summed E-state index contributed by atoms with van der Waals surface area (Å²) < 4.78 is 14.0.